The molecule has 3 aromatic carbocycles. The molecule has 0 spiro atoms. The molecule has 0 unspecified atom stereocenters. The van der Waals surface area contributed by atoms with Crippen LogP contribution in [0.25, 0.3) is 0 Å². The van der Waals surface area contributed by atoms with Crippen molar-refractivity contribution in [1.29, 1.82) is 0 Å². The molecule has 0 N–H and O–H groups in total. The molecule has 4 rings (SSSR count). The first-order chi connectivity index (χ1) is 14.1. The van der Waals surface area contributed by atoms with E-state index in [-0.39, 0.29) is 5.91 Å². The zero-order valence-corrected chi connectivity index (χ0v) is 17.1. The van der Waals surface area contributed by atoms with E-state index < -0.39 is 0 Å². The lowest BCUT2D eigenvalue weighted by Crippen LogP contribution is -2.30. The van der Waals surface area contributed by atoms with Gasteiger partial charge < -0.3 is 14.2 Å². The molecule has 0 radical (unpaired) electrons. The molecule has 0 fully saturated rings. The van der Waals surface area contributed by atoms with Crippen molar-refractivity contribution in [1.82, 2.24) is 0 Å². The topological polar surface area (TPSA) is 48.0 Å². The summed E-state index contributed by atoms with van der Waals surface area (Å²) < 4.78 is 16.2. The van der Waals surface area contributed by atoms with Gasteiger partial charge in [0.15, 0.2) is 11.5 Å². The standard InChI is InChI=1S/C23H20ClNO4/c1-27-20-12-16(13-21(28-2)22(20)29-3)23(26)25-18-7-5-4-6-14(18)10-15-11-17(24)8-9-19(15)25/h4-9,11-13H,10H2,1-3H3. The molecule has 148 valence electrons. The van der Waals surface area contributed by atoms with Gasteiger partial charge in [-0.25, -0.2) is 0 Å². The molecule has 0 bridgehead atoms. The Kier molecular flexibility index (Phi) is 5.07. The van der Waals surface area contributed by atoms with Crippen LogP contribution in [0.2, 0.25) is 5.02 Å². The first-order valence-corrected chi connectivity index (χ1v) is 9.46. The van der Waals surface area contributed by atoms with Gasteiger partial charge in [0.2, 0.25) is 5.75 Å². The van der Waals surface area contributed by atoms with E-state index in [9.17, 15) is 4.79 Å². The summed E-state index contributed by atoms with van der Waals surface area (Å²) in [7, 11) is 4.58. The van der Waals surface area contributed by atoms with Gasteiger partial charge in [-0.05, 0) is 47.5 Å². The maximum Gasteiger partial charge on any atom is 0.263 e. The Morgan fingerprint density at radius 2 is 1.52 bits per heavy atom. The Bertz CT molecular complexity index is 1070. The van der Waals surface area contributed by atoms with E-state index in [4.69, 9.17) is 25.8 Å². The minimum absolute atomic E-state index is 0.194. The van der Waals surface area contributed by atoms with Crippen LogP contribution in [0.1, 0.15) is 21.5 Å². The van der Waals surface area contributed by atoms with Crippen LogP contribution in [0.3, 0.4) is 0 Å². The maximum atomic E-state index is 13.7. The van der Waals surface area contributed by atoms with Gasteiger partial charge in [-0.2, -0.15) is 0 Å². The van der Waals surface area contributed by atoms with Crippen LogP contribution < -0.4 is 19.1 Å². The average Bonchev–Trinajstić information content (AvgIpc) is 2.75. The van der Waals surface area contributed by atoms with Gasteiger partial charge >= 0.3 is 0 Å². The van der Waals surface area contributed by atoms with E-state index in [1.807, 2.05) is 36.4 Å². The highest BCUT2D eigenvalue weighted by Gasteiger charge is 2.29. The van der Waals surface area contributed by atoms with Crippen LogP contribution in [0.15, 0.2) is 54.6 Å². The molecule has 6 heteroatoms. The minimum Gasteiger partial charge on any atom is -0.493 e. The van der Waals surface area contributed by atoms with Crippen LogP contribution in [-0.4, -0.2) is 27.2 Å². The fourth-order valence-electron chi connectivity index (χ4n) is 3.68. The van der Waals surface area contributed by atoms with E-state index in [1.165, 1.54) is 21.3 Å². The molecule has 1 amide bonds. The Hall–Kier alpha value is -3.18. The number of halogens is 1. The molecule has 1 aliphatic heterocycles. The van der Waals surface area contributed by atoms with Crippen LogP contribution >= 0.6 is 11.6 Å². The number of methoxy groups -OCH3 is 3. The lowest BCUT2D eigenvalue weighted by Gasteiger charge is -2.32. The highest BCUT2D eigenvalue weighted by atomic mass is 35.5. The third kappa shape index (κ3) is 3.28. The van der Waals surface area contributed by atoms with E-state index in [0.717, 1.165) is 22.5 Å². The van der Waals surface area contributed by atoms with Gasteiger partial charge in [0.25, 0.3) is 5.91 Å². The van der Waals surface area contributed by atoms with Crippen molar-refractivity contribution in [2.45, 2.75) is 6.42 Å². The van der Waals surface area contributed by atoms with Crippen molar-refractivity contribution in [3.63, 3.8) is 0 Å². The Morgan fingerprint density at radius 3 is 2.17 bits per heavy atom. The number of carbonyl (C=O) groups is 1. The Labute approximate surface area is 174 Å². The van der Waals surface area contributed by atoms with Gasteiger partial charge in [0, 0.05) is 17.0 Å². The monoisotopic (exact) mass is 409 g/mol. The number of benzene rings is 3. The molecule has 0 atom stereocenters. The highest BCUT2D eigenvalue weighted by Crippen LogP contribution is 2.43. The molecular weight excluding hydrogens is 390 g/mol. The van der Waals surface area contributed by atoms with E-state index >= 15 is 0 Å². The molecule has 1 aliphatic rings. The number of fused-ring (bicyclic) bond motifs is 2. The molecule has 0 saturated carbocycles. The quantitative estimate of drug-likeness (QED) is 0.590. The van der Waals surface area contributed by atoms with Gasteiger partial charge in [-0.1, -0.05) is 29.8 Å². The predicted molar refractivity (Wildman–Crippen MR) is 113 cm³/mol. The Balaban J connectivity index is 1.88. The van der Waals surface area contributed by atoms with Crippen LogP contribution in [-0.2, 0) is 6.42 Å². The number of anilines is 2. The average molecular weight is 410 g/mol. The normalized spacial score (nSPS) is 12.1. The van der Waals surface area contributed by atoms with E-state index in [1.54, 1.807) is 23.1 Å². The summed E-state index contributed by atoms with van der Waals surface area (Å²) in [5, 5.41) is 0.642. The molecule has 5 nitrogen and oxygen atoms in total. The van der Waals surface area contributed by atoms with Gasteiger partial charge in [-0.15, -0.1) is 0 Å². The van der Waals surface area contributed by atoms with Gasteiger partial charge in [0.05, 0.1) is 32.7 Å². The zero-order valence-electron chi connectivity index (χ0n) is 16.4. The van der Waals surface area contributed by atoms with Crippen molar-refractivity contribution < 1.29 is 19.0 Å². The molecule has 29 heavy (non-hydrogen) atoms. The van der Waals surface area contributed by atoms with E-state index in [0.29, 0.717) is 34.3 Å². The number of nitrogens with zero attached hydrogens (tertiary/aromatic N) is 1. The summed E-state index contributed by atoms with van der Waals surface area (Å²) in [6.45, 7) is 0. The maximum absolute atomic E-state index is 13.7. The number of amides is 1. The van der Waals surface area contributed by atoms with Crippen molar-refractivity contribution in [2.24, 2.45) is 0 Å². The van der Waals surface area contributed by atoms with Crippen molar-refractivity contribution in [3.8, 4) is 17.2 Å². The molecule has 0 aliphatic carbocycles. The first kappa shape index (κ1) is 19.2. The van der Waals surface area contributed by atoms with Gasteiger partial charge in [-0.3, -0.25) is 9.69 Å². The van der Waals surface area contributed by atoms with Crippen molar-refractivity contribution in [3.05, 3.63) is 76.3 Å². The van der Waals surface area contributed by atoms with Crippen molar-refractivity contribution in [2.75, 3.05) is 26.2 Å². The minimum atomic E-state index is -0.194. The number of para-hydroxylation sites is 1. The zero-order chi connectivity index (χ0) is 20.5. The van der Waals surface area contributed by atoms with Crippen LogP contribution in [0, 0.1) is 0 Å². The number of ether oxygens (including phenoxy) is 3. The molecule has 0 aromatic heterocycles. The molecule has 1 heterocycles. The summed E-state index contributed by atoms with van der Waals surface area (Å²) in [4.78, 5) is 15.4. The number of carbonyl (C=O) groups excluding carboxylic acids is 1. The predicted octanol–water partition coefficient (Wildman–Crippen LogP) is 5.25. The third-order valence-electron chi connectivity index (χ3n) is 5.01. The van der Waals surface area contributed by atoms with Gasteiger partial charge in [0.1, 0.15) is 0 Å². The number of rotatable bonds is 4. The smallest absolute Gasteiger partial charge is 0.263 e. The number of hydrogen-bond acceptors (Lipinski definition) is 4. The molecule has 3 aromatic rings. The summed E-state index contributed by atoms with van der Waals surface area (Å²) in [5.41, 5.74) is 4.14. The first-order valence-electron chi connectivity index (χ1n) is 9.08. The number of hydrogen-bond donors (Lipinski definition) is 0. The summed E-state index contributed by atoms with van der Waals surface area (Å²) in [6.07, 6.45) is 0.713. The molecular formula is C23H20ClNO4. The fourth-order valence-corrected chi connectivity index (χ4v) is 3.87. The lowest BCUT2D eigenvalue weighted by atomic mass is 9.95. The molecule has 0 saturated heterocycles. The van der Waals surface area contributed by atoms with Crippen LogP contribution in [0.4, 0.5) is 11.4 Å². The largest absolute Gasteiger partial charge is 0.493 e. The highest BCUT2D eigenvalue weighted by molar-refractivity contribution is 6.30. The summed E-state index contributed by atoms with van der Waals surface area (Å²) >= 11 is 6.21. The second kappa shape index (κ2) is 7.68. The second-order valence-electron chi connectivity index (χ2n) is 6.63. The fraction of sp³-hybridized carbons (Fsp3) is 0.174. The third-order valence-corrected chi connectivity index (χ3v) is 5.25. The Morgan fingerprint density at radius 1 is 0.862 bits per heavy atom. The van der Waals surface area contributed by atoms with Crippen LogP contribution in [0.5, 0.6) is 17.2 Å². The lowest BCUT2D eigenvalue weighted by molar-refractivity contribution is 0.0997. The summed E-state index contributed by atoms with van der Waals surface area (Å²) in [6, 6.07) is 16.8. The summed E-state index contributed by atoms with van der Waals surface area (Å²) in [5.74, 6) is 1.10. The SMILES string of the molecule is COc1cc(C(=O)N2c3ccccc3Cc3cc(Cl)ccc32)cc(OC)c1OC. The second-order valence-corrected chi connectivity index (χ2v) is 7.07. The van der Waals surface area contributed by atoms with E-state index in [2.05, 4.69) is 0 Å². The van der Waals surface area contributed by atoms with Crippen molar-refractivity contribution >= 4 is 28.9 Å².